The molecule has 1 aromatic rings. The lowest BCUT2D eigenvalue weighted by Gasteiger charge is -2.32. The second-order valence-electron chi connectivity index (χ2n) is 7.62. The minimum absolute atomic E-state index is 0.0341. The molecule has 4 heterocycles. The summed E-state index contributed by atoms with van der Waals surface area (Å²) < 4.78 is 5.62. The van der Waals surface area contributed by atoms with Gasteiger partial charge in [-0.1, -0.05) is 6.42 Å². The molecule has 2 N–H and O–H groups in total. The number of nitrogens with zero attached hydrogens (tertiary/aromatic N) is 2. The third-order valence-electron chi connectivity index (χ3n) is 6.08. The number of amides is 2. The molecule has 1 aromatic heterocycles. The van der Waals surface area contributed by atoms with E-state index < -0.39 is 0 Å². The highest BCUT2D eigenvalue weighted by Crippen LogP contribution is 2.27. The summed E-state index contributed by atoms with van der Waals surface area (Å²) in [5.41, 5.74) is 0. The van der Waals surface area contributed by atoms with Gasteiger partial charge in [-0.25, -0.2) is 4.79 Å². The highest BCUT2D eigenvalue weighted by molar-refractivity contribution is 5.74. The molecule has 138 valence electrons. The third-order valence-corrected chi connectivity index (χ3v) is 6.08. The van der Waals surface area contributed by atoms with Crippen molar-refractivity contribution in [2.24, 2.45) is 0 Å². The number of nitrogens with one attached hydrogen (secondary N) is 2. The van der Waals surface area contributed by atoms with Gasteiger partial charge < -0.3 is 15.1 Å². The lowest BCUT2D eigenvalue weighted by molar-refractivity contribution is 0.176. The van der Waals surface area contributed by atoms with Crippen LogP contribution >= 0.6 is 0 Å². The Balaban J connectivity index is 1.31. The molecule has 6 nitrogen and oxygen atoms in total. The molecule has 3 aliphatic heterocycles. The molecule has 3 atom stereocenters. The van der Waals surface area contributed by atoms with Crippen molar-refractivity contribution in [3.63, 3.8) is 0 Å². The molecular formula is C19H30N4O2. The van der Waals surface area contributed by atoms with Crippen molar-refractivity contribution < 1.29 is 9.21 Å². The first-order chi connectivity index (χ1) is 12.3. The zero-order chi connectivity index (χ0) is 17.1. The van der Waals surface area contributed by atoms with Crippen molar-refractivity contribution in [1.29, 1.82) is 0 Å². The minimum Gasteiger partial charge on any atom is -0.468 e. The SMILES string of the molecule is O=C(NCC(c1ccco1)N1CCCC1)NC1CCN2CCCCC12. The lowest BCUT2D eigenvalue weighted by Crippen LogP contribution is -2.50. The second-order valence-corrected chi connectivity index (χ2v) is 7.62. The number of fused-ring (bicyclic) bond motifs is 1. The van der Waals surface area contributed by atoms with Gasteiger partial charge in [-0.3, -0.25) is 9.80 Å². The van der Waals surface area contributed by atoms with Crippen molar-refractivity contribution in [2.45, 2.75) is 56.7 Å². The first-order valence-corrected chi connectivity index (χ1v) is 9.87. The number of furan rings is 1. The third kappa shape index (κ3) is 3.85. The summed E-state index contributed by atoms with van der Waals surface area (Å²) in [6, 6.07) is 4.88. The molecule has 25 heavy (non-hydrogen) atoms. The van der Waals surface area contributed by atoms with Crippen LogP contribution in [0.2, 0.25) is 0 Å². The number of urea groups is 1. The molecule has 3 fully saturated rings. The van der Waals surface area contributed by atoms with E-state index in [2.05, 4.69) is 20.4 Å². The molecule has 2 amide bonds. The summed E-state index contributed by atoms with van der Waals surface area (Å²) >= 11 is 0. The normalized spacial score (nSPS) is 28.6. The molecular weight excluding hydrogens is 316 g/mol. The van der Waals surface area contributed by atoms with Crippen LogP contribution in [-0.4, -0.2) is 60.6 Å². The van der Waals surface area contributed by atoms with E-state index in [1.165, 1.54) is 38.6 Å². The van der Waals surface area contributed by atoms with Gasteiger partial charge in [0.25, 0.3) is 0 Å². The van der Waals surface area contributed by atoms with Crippen LogP contribution < -0.4 is 10.6 Å². The van der Waals surface area contributed by atoms with Gasteiger partial charge in [0.2, 0.25) is 0 Å². The Bertz CT molecular complexity index is 556. The van der Waals surface area contributed by atoms with Crippen LogP contribution in [0.4, 0.5) is 4.79 Å². The van der Waals surface area contributed by atoms with Crippen LogP contribution in [0, 0.1) is 0 Å². The fourth-order valence-corrected chi connectivity index (χ4v) is 4.77. The quantitative estimate of drug-likeness (QED) is 0.859. The summed E-state index contributed by atoms with van der Waals surface area (Å²) in [5.74, 6) is 0.946. The Morgan fingerprint density at radius 1 is 1.16 bits per heavy atom. The van der Waals surface area contributed by atoms with Gasteiger partial charge in [-0.15, -0.1) is 0 Å². The van der Waals surface area contributed by atoms with E-state index in [0.717, 1.165) is 31.8 Å². The fraction of sp³-hybridized carbons (Fsp3) is 0.737. The van der Waals surface area contributed by atoms with Crippen molar-refractivity contribution >= 4 is 6.03 Å². The monoisotopic (exact) mass is 346 g/mol. The van der Waals surface area contributed by atoms with Crippen LogP contribution in [0.5, 0.6) is 0 Å². The molecule has 0 aromatic carbocycles. The zero-order valence-corrected chi connectivity index (χ0v) is 15.0. The number of carbonyl (C=O) groups is 1. The lowest BCUT2D eigenvalue weighted by atomic mass is 9.99. The number of hydrogen-bond donors (Lipinski definition) is 2. The smallest absolute Gasteiger partial charge is 0.315 e. The Morgan fingerprint density at radius 2 is 2.00 bits per heavy atom. The summed E-state index contributed by atoms with van der Waals surface area (Å²) in [4.78, 5) is 17.4. The molecule has 0 radical (unpaired) electrons. The molecule has 0 bridgehead atoms. The van der Waals surface area contributed by atoms with Crippen molar-refractivity contribution in [2.75, 3.05) is 32.7 Å². The Labute approximate surface area is 149 Å². The molecule has 0 saturated carbocycles. The van der Waals surface area contributed by atoms with Gasteiger partial charge >= 0.3 is 6.03 Å². The number of hydrogen-bond acceptors (Lipinski definition) is 4. The number of piperidine rings is 1. The van der Waals surface area contributed by atoms with Gasteiger partial charge in [-0.05, 0) is 63.9 Å². The topological polar surface area (TPSA) is 60.8 Å². The van der Waals surface area contributed by atoms with Crippen LogP contribution in [0.3, 0.4) is 0 Å². The van der Waals surface area contributed by atoms with Gasteiger partial charge in [0.15, 0.2) is 0 Å². The van der Waals surface area contributed by atoms with Gasteiger partial charge in [0, 0.05) is 25.2 Å². The standard InChI is InChI=1S/C19H30N4O2/c24-19(21-15-8-12-23-9-2-1-6-16(15)23)20-14-17(18-7-5-13-25-18)22-10-3-4-11-22/h5,7,13,15-17H,1-4,6,8-12,14H2,(H2,20,21,24). The molecule has 3 saturated heterocycles. The van der Waals surface area contributed by atoms with Crippen LogP contribution in [0.15, 0.2) is 22.8 Å². The maximum Gasteiger partial charge on any atom is 0.315 e. The predicted octanol–water partition coefficient (Wildman–Crippen LogP) is 2.34. The van der Waals surface area contributed by atoms with Crippen LogP contribution in [0.1, 0.15) is 50.3 Å². The maximum absolute atomic E-state index is 12.5. The van der Waals surface area contributed by atoms with Crippen molar-refractivity contribution in [3.8, 4) is 0 Å². The Hall–Kier alpha value is -1.53. The van der Waals surface area contributed by atoms with E-state index in [4.69, 9.17) is 4.42 Å². The molecule has 0 aliphatic carbocycles. The second kappa shape index (κ2) is 7.79. The maximum atomic E-state index is 12.5. The number of carbonyl (C=O) groups excluding carboxylic acids is 1. The zero-order valence-electron chi connectivity index (χ0n) is 15.0. The number of rotatable bonds is 5. The molecule has 6 heteroatoms. The van der Waals surface area contributed by atoms with Crippen molar-refractivity contribution in [3.05, 3.63) is 24.2 Å². The molecule has 3 unspecified atom stereocenters. The average molecular weight is 346 g/mol. The Morgan fingerprint density at radius 3 is 2.80 bits per heavy atom. The largest absolute Gasteiger partial charge is 0.468 e. The minimum atomic E-state index is -0.0341. The first kappa shape index (κ1) is 16.9. The summed E-state index contributed by atoms with van der Waals surface area (Å²) in [6.07, 6.45) is 9.05. The molecule has 3 aliphatic rings. The van der Waals surface area contributed by atoms with E-state index in [-0.39, 0.29) is 12.1 Å². The van der Waals surface area contributed by atoms with E-state index in [0.29, 0.717) is 18.6 Å². The fourth-order valence-electron chi connectivity index (χ4n) is 4.77. The molecule has 0 spiro atoms. The van der Waals surface area contributed by atoms with E-state index in [1.807, 2.05) is 12.1 Å². The van der Waals surface area contributed by atoms with Crippen LogP contribution in [0.25, 0.3) is 0 Å². The highest BCUT2D eigenvalue weighted by atomic mass is 16.3. The first-order valence-electron chi connectivity index (χ1n) is 9.87. The Kier molecular flexibility index (Phi) is 5.27. The van der Waals surface area contributed by atoms with E-state index >= 15 is 0 Å². The molecule has 4 rings (SSSR count). The van der Waals surface area contributed by atoms with E-state index in [1.54, 1.807) is 6.26 Å². The summed E-state index contributed by atoms with van der Waals surface area (Å²) in [7, 11) is 0. The van der Waals surface area contributed by atoms with E-state index in [9.17, 15) is 4.79 Å². The summed E-state index contributed by atoms with van der Waals surface area (Å²) in [5, 5.41) is 6.33. The van der Waals surface area contributed by atoms with Crippen LogP contribution in [-0.2, 0) is 0 Å². The highest BCUT2D eigenvalue weighted by Gasteiger charge is 2.36. The van der Waals surface area contributed by atoms with Gasteiger partial charge in [0.1, 0.15) is 5.76 Å². The number of likely N-dealkylation sites (tertiary alicyclic amines) is 1. The average Bonchev–Trinajstić information content (AvgIpc) is 3.38. The van der Waals surface area contributed by atoms with Crippen molar-refractivity contribution in [1.82, 2.24) is 20.4 Å². The van der Waals surface area contributed by atoms with Gasteiger partial charge in [-0.2, -0.15) is 0 Å². The summed E-state index contributed by atoms with van der Waals surface area (Å²) in [6.45, 7) is 5.07. The van der Waals surface area contributed by atoms with Gasteiger partial charge in [0.05, 0.1) is 12.3 Å². The predicted molar refractivity (Wildman–Crippen MR) is 96.4 cm³/mol.